The lowest BCUT2D eigenvalue weighted by atomic mass is 9.97. The SMILES string of the molecule is CCOC(=O)CCCN1CCCc2c(F)ccc(C)c21. The first-order valence-electron chi connectivity index (χ1n) is 7.32. The molecule has 1 aromatic rings. The monoisotopic (exact) mass is 279 g/mol. The Hall–Kier alpha value is -1.58. The Morgan fingerprint density at radius 2 is 2.25 bits per heavy atom. The Kier molecular flexibility index (Phi) is 4.99. The van der Waals surface area contributed by atoms with Gasteiger partial charge < -0.3 is 9.64 Å². The molecule has 20 heavy (non-hydrogen) atoms. The van der Waals surface area contributed by atoms with Gasteiger partial charge in [-0.3, -0.25) is 4.79 Å². The summed E-state index contributed by atoms with van der Waals surface area (Å²) in [5, 5.41) is 0. The first-order valence-corrected chi connectivity index (χ1v) is 7.32. The number of carbonyl (C=O) groups is 1. The van der Waals surface area contributed by atoms with Crippen LogP contribution in [-0.4, -0.2) is 25.7 Å². The van der Waals surface area contributed by atoms with Crippen molar-refractivity contribution in [2.45, 2.75) is 39.5 Å². The third kappa shape index (κ3) is 3.30. The molecule has 0 unspecified atom stereocenters. The number of nitrogens with zero attached hydrogens (tertiary/aromatic N) is 1. The van der Waals surface area contributed by atoms with Crippen molar-refractivity contribution in [1.82, 2.24) is 0 Å². The van der Waals surface area contributed by atoms with E-state index in [9.17, 15) is 9.18 Å². The van der Waals surface area contributed by atoms with Crippen molar-refractivity contribution in [1.29, 1.82) is 0 Å². The first kappa shape index (κ1) is 14.8. The van der Waals surface area contributed by atoms with E-state index in [0.717, 1.165) is 49.2 Å². The fraction of sp³-hybridized carbons (Fsp3) is 0.562. The molecule has 0 saturated carbocycles. The Bertz CT molecular complexity index is 488. The van der Waals surface area contributed by atoms with E-state index in [1.54, 1.807) is 6.07 Å². The number of halogens is 1. The van der Waals surface area contributed by atoms with E-state index in [-0.39, 0.29) is 11.8 Å². The lowest BCUT2D eigenvalue weighted by molar-refractivity contribution is -0.143. The van der Waals surface area contributed by atoms with E-state index in [0.29, 0.717) is 13.0 Å². The molecule has 1 aliphatic rings. The Balaban J connectivity index is 2.02. The molecule has 0 fully saturated rings. The van der Waals surface area contributed by atoms with Crippen LogP contribution in [0.5, 0.6) is 0 Å². The van der Waals surface area contributed by atoms with Crippen molar-refractivity contribution < 1.29 is 13.9 Å². The zero-order chi connectivity index (χ0) is 14.5. The van der Waals surface area contributed by atoms with Gasteiger partial charge in [0.25, 0.3) is 0 Å². The molecule has 0 aliphatic carbocycles. The normalized spacial score (nSPS) is 14.1. The van der Waals surface area contributed by atoms with Gasteiger partial charge in [0.1, 0.15) is 5.82 Å². The summed E-state index contributed by atoms with van der Waals surface area (Å²) >= 11 is 0. The first-order chi connectivity index (χ1) is 9.63. The predicted molar refractivity (Wildman–Crippen MR) is 77.5 cm³/mol. The second-order valence-corrected chi connectivity index (χ2v) is 5.19. The maximum atomic E-state index is 13.9. The van der Waals surface area contributed by atoms with Crippen LogP contribution in [0.3, 0.4) is 0 Å². The molecule has 3 nitrogen and oxygen atoms in total. The molecular weight excluding hydrogens is 257 g/mol. The van der Waals surface area contributed by atoms with E-state index >= 15 is 0 Å². The highest BCUT2D eigenvalue weighted by Gasteiger charge is 2.21. The van der Waals surface area contributed by atoms with Crippen molar-refractivity contribution in [2.24, 2.45) is 0 Å². The van der Waals surface area contributed by atoms with E-state index in [1.165, 1.54) is 0 Å². The molecule has 0 atom stereocenters. The van der Waals surface area contributed by atoms with Crippen LogP contribution in [0.15, 0.2) is 12.1 Å². The van der Waals surface area contributed by atoms with Gasteiger partial charge in [-0.05, 0) is 44.7 Å². The Labute approximate surface area is 119 Å². The quantitative estimate of drug-likeness (QED) is 0.775. The fourth-order valence-corrected chi connectivity index (χ4v) is 2.84. The molecule has 0 N–H and O–H groups in total. The largest absolute Gasteiger partial charge is 0.466 e. The maximum absolute atomic E-state index is 13.9. The number of benzene rings is 1. The molecule has 0 aromatic heterocycles. The van der Waals surface area contributed by atoms with Crippen molar-refractivity contribution in [2.75, 3.05) is 24.6 Å². The molecule has 110 valence electrons. The zero-order valence-electron chi connectivity index (χ0n) is 12.2. The summed E-state index contributed by atoms with van der Waals surface area (Å²) < 4.78 is 18.8. The van der Waals surface area contributed by atoms with Crippen LogP contribution in [-0.2, 0) is 16.0 Å². The highest BCUT2D eigenvalue weighted by atomic mass is 19.1. The molecule has 0 radical (unpaired) electrons. The van der Waals surface area contributed by atoms with Gasteiger partial charge >= 0.3 is 5.97 Å². The van der Waals surface area contributed by atoms with Crippen LogP contribution in [0.1, 0.15) is 37.3 Å². The molecule has 4 heteroatoms. The number of hydrogen-bond donors (Lipinski definition) is 0. The smallest absolute Gasteiger partial charge is 0.305 e. The minimum atomic E-state index is -0.152. The standard InChI is InChI=1S/C16H22FNO2/c1-3-20-15(19)7-5-11-18-10-4-6-13-14(17)9-8-12(2)16(13)18/h8-9H,3-7,10-11H2,1-2H3. The zero-order valence-corrected chi connectivity index (χ0v) is 12.2. The van der Waals surface area contributed by atoms with Crippen molar-refractivity contribution in [3.05, 3.63) is 29.1 Å². The Morgan fingerprint density at radius 3 is 3.00 bits per heavy atom. The van der Waals surface area contributed by atoms with Gasteiger partial charge in [-0.15, -0.1) is 0 Å². The van der Waals surface area contributed by atoms with Crippen LogP contribution >= 0.6 is 0 Å². The second kappa shape index (κ2) is 6.73. The molecule has 0 bridgehead atoms. The summed E-state index contributed by atoms with van der Waals surface area (Å²) in [6, 6.07) is 3.38. The summed E-state index contributed by atoms with van der Waals surface area (Å²) in [6.07, 6.45) is 2.94. The topological polar surface area (TPSA) is 29.5 Å². The van der Waals surface area contributed by atoms with Crippen LogP contribution in [0.4, 0.5) is 10.1 Å². The van der Waals surface area contributed by atoms with Gasteiger partial charge in [0.2, 0.25) is 0 Å². The summed E-state index contributed by atoms with van der Waals surface area (Å²) in [5.41, 5.74) is 2.96. The molecule has 0 spiro atoms. The molecular formula is C16H22FNO2. The van der Waals surface area contributed by atoms with E-state index in [2.05, 4.69) is 4.90 Å². The number of anilines is 1. The molecule has 0 amide bonds. The number of rotatable bonds is 5. The number of carbonyl (C=O) groups excluding carboxylic acids is 1. The van der Waals surface area contributed by atoms with Crippen molar-refractivity contribution in [3.8, 4) is 0 Å². The fourth-order valence-electron chi connectivity index (χ4n) is 2.84. The average molecular weight is 279 g/mol. The average Bonchev–Trinajstić information content (AvgIpc) is 2.43. The number of hydrogen-bond acceptors (Lipinski definition) is 3. The van der Waals surface area contributed by atoms with Gasteiger partial charge in [0.05, 0.1) is 6.61 Å². The molecule has 0 saturated heterocycles. The minimum absolute atomic E-state index is 0.110. The highest BCUT2D eigenvalue weighted by molar-refractivity contribution is 5.69. The summed E-state index contributed by atoms with van der Waals surface area (Å²) in [6.45, 7) is 5.96. The molecule has 1 aromatic carbocycles. The summed E-state index contributed by atoms with van der Waals surface area (Å²) in [5.74, 6) is -0.263. The lowest BCUT2D eigenvalue weighted by Gasteiger charge is -2.33. The summed E-state index contributed by atoms with van der Waals surface area (Å²) in [7, 11) is 0. The number of ether oxygens (including phenoxy) is 1. The molecule has 1 aliphatic heterocycles. The highest BCUT2D eigenvalue weighted by Crippen LogP contribution is 2.32. The van der Waals surface area contributed by atoms with Crippen LogP contribution < -0.4 is 4.90 Å². The van der Waals surface area contributed by atoms with Gasteiger partial charge in [-0.1, -0.05) is 6.07 Å². The van der Waals surface area contributed by atoms with E-state index in [4.69, 9.17) is 4.74 Å². The van der Waals surface area contributed by atoms with E-state index < -0.39 is 0 Å². The maximum Gasteiger partial charge on any atom is 0.305 e. The van der Waals surface area contributed by atoms with Crippen LogP contribution in [0.25, 0.3) is 0 Å². The second-order valence-electron chi connectivity index (χ2n) is 5.19. The Morgan fingerprint density at radius 1 is 1.45 bits per heavy atom. The van der Waals surface area contributed by atoms with Gasteiger partial charge in [-0.25, -0.2) is 4.39 Å². The van der Waals surface area contributed by atoms with Gasteiger partial charge in [-0.2, -0.15) is 0 Å². The van der Waals surface area contributed by atoms with Crippen molar-refractivity contribution >= 4 is 11.7 Å². The third-order valence-electron chi connectivity index (χ3n) is 3.71. The number of fused-ring (bicyclic) bond motifs is 1. The summed E-state index contributed by atoms with van der Waals surface area (Å²) in [4.78, 5) is 13.6. The van der Waals surface area contributed by atoms with Gasteiger partial charge in [0, 0.05) is 30.8 Å². The van der Waals surface area contributed by atoms with Crippen LogP contribution in [0.2, 0.25) is 0 Å². The van der Waals surface area contributed by atoms with Gasteiger partial charge in [0.15, 0.2) is 0 Å². The minimum Gasteiger partial charge on any atom is -0.466 e. The van der Waals surface area contributed by atoms with E-state index in [1.807, 2.05) is 19.9 Å². The molecule has 1 heterocycles. The third-order valence-corrected chi connectivity index (χ3v) is 3.71. The van der Waals surface area contributed by atoms with Crippen LogP contribution in [0, 0.1) is 12.7 Å². The number of esters is 1. The predicted octanol–water partition coefficient (Wildman–Crippen LogP) is 3.23. The molecule has 2 rings (SSSR count). The number of aryl methyl sites for hydroxylation is 1. The lowest BCUT2D eigenvalue weighted by Crippen LogP contribution is -2.32. The van der Waals surface area contributed by atoms with Crippen molar-refractivity contribution in [3.63, 3.8) is 0 Å².